The number of nitrogens with two attached hydrogens (primary N) is 2. The minimum absolute atomic E-state index is 0.324. The summed E-state index contributed by atoms with van der Waals surface area (Å²) in [6, 6.07) is 1.95. The van der Waals surface area contributed by atoms with Crippen LogP contribution in [0.4, 0.5) is 14.9 Å². The molecule has 6 heteroatoms. The van der Waals surface area contributed by atoms with Gasteiger partial charge in [-0.2, -0.15) is 4.99 Å². The molecule has 0 unspecified atom stereocenters. The minimum atomic E-state index is -0.683. The highest BCUT2D eigenvalue weighted by Gasteiger charge is 2.08. The topological polar surface area (TPSA) is 93.5 Å². The fourth-order valence-corrected chi connectivity index (χ4v) is 1.36. The number of guanidine groups is 1. The summed E-state index contributed by atoms with van der Waals surface area (Å²) in [5.41, 5.74) is 11.8. The molecule has 0 fully saturated rings. The third kappa shape index (κ3) is 2.94. The van der Waals surface area contributed by atoms with Crippen molar-refractivity contribution in [3.63, 3.8) is 0 Å². The molecule has 0 radical (unpaired) electrons. The van der Waals surface area contributed by atoms with Gasteiger partial charge in [0.2, 0.25) is 0 Å². The van der Waals surface area contributed by atoms with Crippen molar-refractivity contribution < 1.29 is 9.18 Å². The molecule has 5 N–H and O–H groups in total. The van der Waals surface area contributed by atoms with Gasteiger partial charge in [0, 0.05) is 5.69 Å². The number of carbonyl (C=O) groups is 1. The lowest BCUT2D eigenvalue weighted by Crippen LogP contribution is -2.25. The van der Waals surface area contributed by atoms with E-state index in [0.717, 1.165) is 0 Å². The van der Waals surface area contributed by atoms with Crippen LogP contribution in [-0.4, -0.2) is 12.0 Å². The zero-order chi connectivity index (χ0) is 12.3. The lowest BCUT2D eigenvalue weighted by atomic mass is 10.1. The quantitative estimate of drug-likeness (QED) is 0.495. The zero-order valence-electron chi connectivity index (χ0n) is 9.04. The number of aliphatic imine (C=N–C) groups is 1. The van der Waals surface area contributed by atoms with E-state index in [-0.39, 0.29) is 11.8 Å². The highest BCUT2D eigenvalue weighted by Crippen LogP contribution is 2.21. The second kappa shape index (κ2) is 4.61. The number of amides is 2. The Hall–Kier alpha value is -2.11. The first kappa shape index (κ1) is 12.0. The Morgan fingerprint density at radius 3 is 2.25 bits per heavy atom. The van der Waals surface area contributed by atoms with Crippen molar-refractivity contribution in [3.8, 4) is 0 Å². The normalized spacial score (nSPS) is 9.69. The Balaban J connectivity index is 2.98. The van der Waals surface area contributed by atoms with Gasteiger partial charge in [0.05, 0.1) is 0 Å². The lowest BCUT2D eigenvalue weighted by Gasteiger charge is -2.09. The van der Waals surface area contributed by atoms with Gasteiger partial charge in [-0.25, -0.2) is 9.18 Å². The molecule has 5 nitrogen and oxygen atoms in total. The number of rotatable bonds is 1. The summed E-state index contributed by atoms with van der Waals surface area (Å²) in [5, 5.41) is 2.48. The number of aryl methyl sites for hydroxylation is 2. The fraction of sp³-hybridized carbons (Fsp3) is 0.200. The second-order valence-electron chi connectivity index (χ2n) is 3.38. The number of halogens is 1. The third-order valence-electron chi connectivity index (χ3n) is 1.96. The second-order valence-corrected chi connectivity index (χ2v) is 3.38. The van der Waals surface area contributed by atoms with Crippen LogP contribution >= 0.6 is 0 Å². The maximum atomic E-state index is 13.0. The molecule has 0 aliphatic heterocycles. The Morgan fingerprint density at radius 1 is 1.31 bits per heavy atom. The highest BCUT2D eigenvalue weighted by atomic mass is 19.1. The molecule has 1 aromatic carbocycles. The SMILES string of the molecule is Cc1cc(F)cc(C)c1NC(=O)N=C(N)N. The third-order valence-corrected chi connectivity index (χ3v) is 1.96. The van der Waals surface area contributed by atoms with E-state index in [1.54, 1.807) is 13.8 Å². The van der Waals surface area contributed by atoms with Crippen LogP contribution in [0.1, 0.15) is 11.1 Å². The summed E-state index contributed by atoms with van der Waals surface area (Å²) >= 11 is 0. The van der Waals surface area contributed by atoms with E-state index in [0.29, 0.717) is 16.8 Å². The molecule has 0 aliphatic rings. The predicted octanol–water partition coefficient (Wildman–Crippen LogP) is 1.25. The Kier molecular flexibility index (Phi) is 3.44. The predicted molar refractivity (Wildman–Crippen MR) is 60.7 cm³/mol. The molecule has 0 atom stereocenters. The van der Waals surface area contributed by atoms with E-state index in [2.05, 4.69) is 10.3 Å². The van der Waals surface area contributed by atoms with Crippen LogP contribution in [0.2, 0.25) is 0 Å². The first-order valence-corrected chi connectivity index (χ1v) is 4.57. The van der Waals surface area contributed by atoms with Gasteiger partial charge in [-0.15, -0.1) is 0 Å². The zero-order valence-corrected chi connectivity index (χ0v) is 9.04. The van der Waals surface area contributed by atoms with Crippen molar-refractivity contribution in [2.24, 2.45) is 16.5 Å². The van der Waals surface area contributed by atoms with Gasteiger partial charge >= 0.3 is 6.03 Å². The van der Waals surface area contributed by atoms with Crippen LogP contribution < -0.4 is 16.8 Å². The van der Waals surface area contributed by atoms with Crippen LogP contribution in [0.5, 0.6) is 0 Å². The maximum absolute atomic E-state index is 13.0. The molecular formula is C10H13FN4O. The van der Waals surface area contributed by atoms with Crippen molar-refractivity contribution in [1.82, 2.24) is 0 Å². The minimum Gasteiger partial charge on any atom is -0.370 e. The Labute approximate surface area is 92.3 Å². The first-order chi connectivity index (χ1) is 7.40. The number of benzene rings is 1. The van der Waals surface area contributed by atoms with Gasteiger partial charge in [-0.3, -0.25) is 0 Å². The maximum Gasteiger partial charge on any atom is 0.348 e. The fourth-order valence-electron chi connectivity index (χ4n) is 1.36. The molecule has 0 spiro atoms. The molecule has 86 valence electrons. The standard InChI is InChI=1S/C10H13FN4O/c1-5-3-7(11)4-6(2)8(5)14-10(16)15-9(12)13/h3-4H,1-2H3,(H5,12,13,14,15,16). The van der Waals surface area contributed by atoms with Gasteiger partial charge in [0.1, 0.15) is 5.82 Å². The smallest absolute Gasteiger partial charge is 0.348 e. The number of anilines is 1. The van der Waals surface area contributed by atoms with Gasteiger partial charge in [0.15, 0.2) is 5.96 Å². The van der Waals surface area contributed by atoms with Gasteiger partial charge in [-0.05, 0) is 37.1 Å². The molecule has 2 amide bonds. The Bertz CT molecular complexity index is 429. The van der Waals surface area contributed by atoms with E-state index in [9.17, 15) is 9.18 Å². The molecular weight excluding hydrogens is 211 g/mol. The summed E-state index contributed by atoms with van der Waals surface area (Å²) in [5.74, 6) is -0.676. The number of carbonyl (C=O) groups excluding carboxylic acids is 1. The molecule has 0 bridgehead atoms. The van der Waals surface area contributed by atoms with Crippen LogP contribution in [0.15, 0.2) is 17.1 Å². The number of hydrogen-bond acceptors (Lipinski definition) is 1. The molecule has 0 aliphatic carbocycles. The van der Waals surface area contributed by atoms with Crippen molar-refractivity contribution >= 4 is 17.7 Å². The molecule has 0 aromatic heterocycles. The largest absolute Gasteiger partial charge is 0.370 e. The van der Waals surface area contributed by atoms with E-state index < -0.39 is 6.03 Å². The van der Waals surface area contributed by atoms with Crippen LogP contribution in [0, 0.1) is 19.7 Å². The average Bonchev–Trinajstić information content (AvgIpc) is 2.09. The first-order valence-electron chi connectivity index (χ1n) is 4.57. The van der Waals surface area contributed by atoms with Gasteiger partial charge < -0.3 is 16.8 Å². The van der Waals surface area contributed by atoms with Crippen LogP contribution in [-0.2, 0) is 0 Å². The molecule has 1 aromatic rings. The summed E-state index contributed by atoms with van der Waals surface area (Å²) in [7, 11) is 0. The summed E-state index contributed by atoms with van der Waals surface area (Å²) < 4.78 is 13.0. The lowest BCUT2D eigenvalue weighted by molar-refractivity contribution is 0.259. The van der Waals surface area contributed by atoms with Crippen molar-refractivity contribution in [3.05, 3.63) is 29.1 Å². The number of urea groups is 1. The molecule has 0 heterocycles. The molecule has 1 rings (SSSR count). The van der Waals surface area contributed by atoms with Crippen molar-refractivity contribution in [2.45, 2.75) is 13.8 Å². The van der Waals surface area contributed by atoms with Crippen molar-refractivity contribution in [2.75, 3.05) is 5.32 Å². The van der Waals surface area contributed by atoms with Crippen LogP contribution in [0.25, 0.3) is 0 Å². The highest BCUT2D eigenvalue weighted by molar-refractivity contribution is 5.98. The molecule has 0 saturated heterocycles. The molecule has 16 heavy (non-hydrogen) atoms. The Morgan fingerprint density at radius 2 is 1.81 bits per heavy atom. The average molecular weight is 224 g/mol. The number of hydrogen-bond donors (Lipinski definition) is 3. The summed E-state index contributed by atoms with van der Waals surface area (Å²) in [4.78, 5) is 14.6. The van der Waals surface area contributed by atoms with E-state index >= 15 is 0 Å². The number of nitrogens with zero attached hydrogens (tertiary/aromatic N) is 1. The molecule has 0 saturated carbocycles. The van der Waals surface area contributed by atoms with E-state index in [4.69, 9.17) is 11.5 Å². The van der Waals surface area contributed by atoms with Crippen molar-refractivity contribution in [1.29, 1.82) is 0 Å². The van der Waals surface area contributed by atoms with E-state index in [1.165, 1.54) is 12.1 Å². The number of nitrogens with one attached hydrogen (secondary N) is 1. The van der Waals surface area contributed by atoms with Gasteiger partial charge in [-0.1, -0.05) is 0 Å². The monoisotopic (exact) mass is 224 g/mol. The summed E-state index contributed by atoms with van der Waals surface area (Å²) in [6.45, 7) is 3.36. The van der Waals surface area contributed by atoms with E-state index in [1.807, 2.05) is 0 Å². The van der Waals surface area contributed by atoms with Crippen LogP contribution in [0.3, 0.4) is 0 Å². The van der Waals surface area contributed by atoms with Gasteiger partial charge in [0.25, 0.3) is 0 Å². The summed E-state index contributed by atoms with van der Waals surface area (Å²) in [6.07, 6.45) is 0.